The molecule has 0 aromatic heterocycles. The van der Waals surface area contributed by atoms with Crippen LogP contribution in [0.2, 0.25) is 0 Å². The molecule has 21 heavy (non-hydrogen) atoms. The van der Waals surface area contributed by atoms with Crippen molar-refractivity contribution in [3.05, 3.63) is 30.3 Å². The minimum absolute atomic E-state index is 0.355. The van der Waals surface area contributed by atoms with Crippen molar-refractivity contribution in [3.8, 4) is 0 Å². The standard InChI is InChI=1S/C13H20NO6P/c1-10-12(13(15)14-11-8-6-5-7-9-11)20-21(16-2,17-3,18-4)19-10/h5-10,12H,1-4H3,(H,14,15). The normalized spacial score (nSPS) is 28.5. The fourth-order valence-electron chi connectivity index (χ4n) is 2.10. The Morgan fingerprint density at radius 3 is 2.14 bits per heavy atom. The Balaban J connectivity index is 2.16. The Morgan fingerprint density at radius 2 is 1.67 bits per heavy atom. The van der Waals surface area contributed by atoms with Crippen LogP contribution in [0.25, 0.3) is 0 Å². The van der Waals surface area contributed by atoms with Gasteiger partial charge in [0.05, 0.1) is 0 Å². The zero-order chi connectivity index (χ0) is 15.5. The Hall–Kier alpha value is -1.08. The zero-order valence-electron chi connectivity index (χ0n) is 12.4. The van der Waals surface area contributed by atoms with Gasteiger partial charge in [0.1, 0.15) is 0 Å². The van der Waals surface area contributed by atoms with Gasteiger partial charge in [-0.2, -0.15) is 0 Å². The number of carbonyl (C=O) groups is 1. The molecule has 1 saturated heterocycles. The van der Waals surface area contributed by atoms with Crippen LogP contribution in [-0.4, -0.2) is 39.4 Å². The predicted molar refractivity (Wildman–Crippen MR) is 78.4 cm³/mol. The molecule has 7 nitrogen and oxygen atoms in total. The van der Waals surface area contributed by atoms with Crippen LogP contribution >= 0.6 is 7.74 Å². The monoisotopic (exact) mass is 317 g/mol. The van der Waals surface area contributed by atoms with Gasteiger partial charge >= 0.3 is 123 Å². The van der Waals surface area contributed by atoms with Crippen LogP contribution in [0.15, 0.2) is 30.3 Å². The van der Waals surface area contributed by atoms with Crippen molar-refractivity contribution in [2.75, 3.05) is 26.6 Å². The SMILES string of the molecule is COP1(OC)(OC)OC(C)C(C(=O)Nc2ccccc2)O1. The number of benzene rings is 1. The zero-order valence-corrected chi connectivity index (χ0v) is 13.3. The molecule has 0 aliphatic carbocycles. The van der Waals surface area contributed by atoms with Gasteiger partial charge in [0.25, 0.3) is 0 Å². The Bertz CT molecular complexity index is 496. The van der Waals surface area contributed by atoms with E-state index in [4.69, 9.17) is 22.6 Å². The van der Waals surface area contributed by atoms with Crippen molar-refractivity contribution in [2.24, 2.45) is 0 Å². The van der Waals surface area contributed by atoms with E-state index in [0.717, 1.165) is 0 Å². The summed E-state index contributed by atoms with van der Waals surface area (Å²) in [5.74, 6) is -0.355. The van der Waals surface area contributed by atoms with Gasteiger partial charge in [-0.25, -0.2) is 0 Å². The number of hydrogen-bond donors (Lipinski definition) is 1. The molecule has 0 spiro atoms. The van der Waals surface area contributed by atoms with Crippen LogP contribution in [0.4, 0.5) is 5.69 Å². The van der Waals surface area contributed by atoms with Crippen molar-refractivity contribution in [3.63, 3.8) is 0 Å². The van der Waals surface area contributed by atoms with E-state index in [2.05, 4.69) is 5.32 Å². The maximum atomic E-state index is 12.3. The van der Waals surface area contributed by atoms with Gasteiger partial charge < -0.3 is 0 Å². The first-order chi connectivity index (χ1) is 9.97. The van der Waals surface area contributed by atoms with E-state index < -0.39 is 19.9 Å². The summed E-state index contributed by atoms with van der Waals surface area (Å²) in [6.07, 6.45) is -1.48. The Kier molecular flexibility index (Phi) is 4.63. The fraction of sp³-hybridized carbons (Fsp3) is 0.462. The third-order valence-corrected chi connectivity index (χ3v) is 6.28. The molecule has 0 radical (unpaired) electrons. The van der Waals surface area contributed by atoms with Crippen LogP contribution in [0.3, 0.4) is 0 Å². The van der Waals surface area contributed by atoms with Crippen LogP contribution in [0, 0.1) is 0 Å². The van der Waals surface area contributed by atoms with E-state index in [1.807, 2.05) is 18.2 Å². The number of para-hydroxylation sites is 1. The average molecular weight is 317 g/mol. The molecule has 1 aliphatic heterocycles. The van der Waals surface area contributed by atoms with E-state index in [-0.39, 0.29) is 5.91 Å². The molecule has 2 rings (SSSR count). The molecular formula is C13H20NO6P. The molecule has 1 aromatic carbocycles. The summed E-state index contributed by atoms with van der Waals surface area (Å²) in [4.78, 5) is 12.3. The number of nitrogens with one attached hydrogen (secondary N) is 1. The molecule has 0 saturated carbocycles. The quantitative estimate of drug-likeness (QED) is 0.841. The number of hydrogen-bond acceptors (Lipinski definition) is 6. The third kappa shape index (κ3) is 2.94. The molecule has 1 heterocycles. The first kappa shape index (κ1) is 16.3. The average Bonchev–Trinajstić information content (AvgIpc) is 2.84. The number of anilines is 1. The van der Waals surface area contributed by atoms with Gasteiger partial charge in [0, 0.05) is 0 Å². The number of carbonyl (C=O) groups excluding carboxylic acids is 1. The predicted octanol–water partition coefficient (Wildman–Crippen LogP) is 2.50. The maximum absolute atomic E-state index is 12.3. The molecule has 2 atom stereocenters. The summed E-state index contributed by atoms with van der Waals surface area (Å²) < 4.78 is 27.0. The van der Waals surface area contributed by atoms with Crippen LogP contribution in [0.5, 0.6) is 0 Å². The van der Waals surface area contributed by atoms with Crippen LogP contribution in [-0.2, 0) is 27.4 Å². The van der Waals surface area contributed by atoms with Crippen LogP contribution in [0.1, 0.15) is 6.92 Å². The molecule has 2 unspecified atom stereocenters. The van der Waals surface area contributed by atoms with Crippen LogP contribution < -0.4 is 5.32 Å². The summed E-state index contributed by atoms with van der Waals surface area (Å²) >= 11 is 0. The van der Waals surface area contributed by atoms with Crippen molar-refractivity contribution >= 4 is 19.3 Å². The summed E-state index contributed by atoms with van der Waals surface area (Å²) in [5.41, 5.74) is 0.665. The second-order valence-electron chi connectivity index (χ2n) is 4.48. The van der Waals surface area contributed by atoms with Gasteiger partial charge in [-0.1, -0.05) is 0 Å². The van der Waals surface area contributed by atoms with E-state index in [0.29, 0.717) is 5.69 Å². The summed E-state index contributed by atoms with van der Waals surface area (Å²) in [6.45, 7) is 1.70. The van der Waals surface area contributed by atoms with Crippen molar-refractivity contribution in [1.82, 2.24) is 0 Å². The second-order valence-corrected chi connectivity index (χ2v) is 7.49. The fourth-order valence-corrected chi connectivity index (χ4v) is 4.41. The summed E-state index contributed by atoms with van der Waals surface area (Å²) in [7, 11) is -0.0813. The van der Waals surface area contributed by atoms with Gasteiger partial charge in [-0.15, -0.1) is 0 Å². The topological polar surface area (TPSA) is 75.2 Å². The summed E-state index contributed by atoms with van der Waals surface area (Å²) in [6, 6.07) is 9.07. The van der Waals surface area contributed by atoms with E-state index in [1.54, 1.807) is 19.1 Å². The third-order valence-electron chi connectivity index (χ3n) is 3.24. The van der Waals surface area contributed by atoms with Gasteiger partial charge in [-0.3, -0.25) is 0 Å². The van der Waals surface area contributed by atoms with Crippen molar-refractivity contribution < 1.29 is 27.4 Å². The second kappa shape index (κ2) is 5.96. The first-order valence-electron chi connectivity index (χ1n) is 6.42. The molecule has 1 N–H and O–H groups in total. The molecule has 1 amide bonds. The van der Waals surface area contributed by atoms with Crippen molar-refractivity contribution in [2.45, 2.75) is 19.1 Å². The molecular weight excluding hydrogens is 297 g/mol. The number of amides is 1. The molecule has 1 aliphatic rings. The Morgan fingerprint density at radius 1 is 1.10 bits per heavy atom. The summed E-state index contributed by atoms with van der Waals surface area (Å²) in [5, 5.41) is 2.75. The minimum atomic E-state index is -4.15. The molecule has 118 valence electrons. The van der Waals surface area contributed by atoms with E-state index in [1.165, 1.54) is 21.3 Å². The molecule has 0 bridgehead atoms. The first-order valence-corrected chi connectivity index (χ1v) is 8.25. The molecule has 1 aromatic rings. The molecule has 8 heteroatoms. The molecule has 1 fully saturated rings. The van der Waals surface area contributed by atoms with E-state index >= 15 is 0 Å². The van der Waals surface area contributed by atoms with Crippen molar-refractivity contribution in [1.29, 1.82) is 0 Å². The van der Waals surface area contributed by atoms with Gasteiger partial charge in [0.2, 0.25) is 0 Å². The van der Waals surface area contributed by atoms with Gasteiger partial charge in [0.15, 0.2) is 0 Å². The number of rotatable bonds is 5. The Labute approximate surface area is 123 Å². The van der Waals surface area contributed by atoms with Gasteiger partial charge in [-0.05, 0) is 0 Å². The van der Waals surface area contributed by atoms with E-state index in [9.17, 15) is 4.79 Å².